The molecule has 18 heavy (non-hydrogen) atoms. The van der Waals surface area contributed by atoms with Gasteiger partial charge in [0, 0.05) is 0 Å². The van der Waals surface area contributed by atoms with E-state index in [0.717, 1.165) is 0 Å². The quantitative estimate of drug-likeness (QED) is 0.595. The third kappa shape index (κ3) is 3.04. The highest BCUT2D eigenvalue weighted by Crippen LogP contribution is 2.27. The minimum absolute atomic E-state index is 0.418. The highest BCUT2D eigenvalue weighted by molar-refractivity contribution is 7.90. The molecule has 0 aliphatic carbocycles. The Morgan fingerprint density at radius 1 is 0.667 bits per heavy atom. The summed E-state index contributed by atoms with van der Waals surface area (Å²) >= 11 is 0. The average Bonchev–Trinajstić information content (AvgIpc) is 2.12. The lowest BCUT2D eigenvalue weighted by molar-refractivity contribution is 0.437. The zero-order valence-electron chi connectivity index (χ0n) is 8.13. The topological polar surface area (TPSA) is 172 Å². The van der Waals surface area contributed by atoms with Crippen LogP contribution in [0.4, 0.5) is 0 Å². The zero-order chi connectivity index (χ0) is 14.4. The maximum Gasteiger partial charge on any atom is 0.126 e. The molecule has 0 N–H and O–H groups in total. The van der Waals surface area contributed by atoms with Crippen molar-refractivity contribution >= 4 is 30.4 Å². The molecule has 1 rings (SSSR count). The molecular formula is C6H3O9S3-3. The third-order valence-electron chi connectivity index (χ3n) is 1.73. The Labute approximate surface area is 102 Å². The monoisotopic (exact) mass is 315 g/mol. The van der Waals surface area contributed by atoms with Crippen LogP contribution in [0.25, 0.3) is 0 Å². The molecule has 0 aliphatic heterocycles. The molecule has 0 unspecified atom stereocenters. The fourth-order valence-corrected chi connectivity index (χ4v) is 4.22. The van der Waals surface area contributed by atoms with Crippen molar-refractivity contribution < 1.29 is 38.9 Å². The summed E-state index contributed by atoms with van der Waals surface area (Å²) in [5.41, 5.74) is 0. The number of rotatable bonds is 3. The summed E-state index contributed by atoms with van der Waals surface area (Å²) in [6, 6.07) is 1.49. The molecule has 0 aliphatic rings. The van der Waals surface area contributed by atoms with E-state index in [-0.39, 0.29) is 0 Å². The summed E-state index contributed by atoms with van der Waals surface area (Å²) in [4.78, 5) is -5.00. The second kappa shape index (κ2) is 4.25. The summed E-state index contributed by atoms with van der Waals surface area (Å²) in [5.74, 6) is 0. The van der Waals surface area contributed by atoms with E-state index in [1.807, 2.05) is 0 Å². The molecule has 0 spiro atoms. The average molecular weight is 315 g/mol. The Balaban J connectivity index is 4.04. The Bertz CT molecular complexity index is 734. The molecule has 12 heteroatoms. The van der Waals surface area contributed by atoms with E-state index >= 15 is 0 Å². The molecule has 0 aromatic heterocycles. The molecule has 1 aromatic rings. The van der Waals surface area contributed by atoms with Gasteiger partial charge < -0.3 is 13.7 Å². The first-order valence-corrected chi connectivity index (χ1v) is 8.08. The van der Waals surface area contributed by atoms with Crippen LogP contribution in [0.1, 0.15) is 0 Å². The van der Waals surface area contributed by atoms with Crippen LogP contribution in [0.5, 0.6) is 0 Å². The van der Waals surface area contributed by atoms with Gasteiger partial charge in [0.25, 0.3) is 0 Å². The predicted molar refractivity (Wildman–Crippen MR) is 50.3 cm³/mol. The standard InChI is InChI=1S/C6H6O9S3/c7-16(8,9)4-2-1-3-5(17(10,11)12)6(4)18(13,14)15/h1-3H,(H,7,8,9)(H,10,11,12)(H,13,14,15)/p-3. The van der Waals surface area contributed by atoms with Gasteiger partial charge in [-0.05, 0) is 12.1 Å². The molecule has 0 bridgehead atoms. The highest BCUT2D eigenvalue weighted by Gasteiger charge is 2.21. The van der Waals surface area contributed by atoms with Crippen molar-refractivity contribution in [3.8, 4) is 0 Å². The van der Waals surface area contributed by atoms with E-state index in [1.165, 1.54) is 0 Å². The van der Waals surface area contributed by atoms with Gasteiger partial charge in [-0.2, -0.15) is 0 Å². The zero-order valence-corrected chi connectivity index (χ0v) is 10.6. The fraction of sp³-hybridized carbons (Fsp3) is 0. The van der Waals surface area contributed by atoms with Gasteiger partial charge >= 0.3 is 0 Å². The van der Waals surface area contributed by atoms with Gasteiger partial charge in [-0.25, -0.2) is 25.3 Å². The summed E-state index contributed by atoms with van der Waals surface area (Å²) < 4.78 is 96.8. The first-order chi connectivity index (χ1) is 7.85. The summed E-state index contributed by atoms with van der Waals surface area (Å²) in [6.07, 6.45) is 0. The number of hydrogen-bond acceptors (Lipinski definition) is 9. The van der Waals surface area contributed by atoms with E-state index in [4.69, 9.17) is 0 Å². The number of benzene rings is 1. The highest BCUT2D eigenvalue weighted by atomic mass is 32.2. The van der Waals surface area contributed by atoms with Crippen LogP contribution in [0.15, 0.2) is 32.9 Å². The van der Waals surface area contributed by atoms with Crippen LogP contribution in [0.2, 0.25) is 0 Å². The molecule has 0 atom stereocenters. The molecule has 9 nitrogen and oxygen atoms in total. The number of hydrogen-bond donors (Lipinski definition) is 0. The lowest BCUT2D eigenvalue weighted by atomic mass is 10.4. The van der Waals surface area contributed by atoms with Crippen molar-refractivity contribution in [3.63, 3.8) is 0 Å². The van der Waals surface area contributed by atoms with E-state index in [2.05, 4.69) is 0 Å². The molecule has 0 amide bonds. The van der Waals surface area contributed by atoms with Crippen molar-refractivity contribution in [2.24, 2.45) is 0 Å². The first-order valence-electron chi connectivity index (χ1n) is 3.86. The van der Waals surface area contributed by atoms with Crippen molar-refractivity contribution in [2.45, 2.75) is 14.7 Å². The van der Waals surface area contributed by atoms with Gasteiger partial charge in [0.15, 0.2) is 0 Å². The van der Waals surface area contributed by atoms with E-state index in [9.17, 15) is 38.9 Å². The van der Waals surface area contributed by atoms with E-state index in [0.29, 0.717) is 18.2 Å². The lowest BCUT2D eigenvalue weighted by Gasteiger charge is -2.20. The predicted octanol–water partition coefficient (Wildman–Crippen LogP) is -1.60. The summed E-state index contributed by atoms with van der Waals surface area (Å²) in [7, 11) is -16.5. The largest absolute Gasteiger partial charge is 0.744 e. The normalized spacial score (nSPS) is 13.5. The van der Waals surface area contributed by atoms with Gasteiger partial charge in [0.1, 0.15) is 30.4 Å². The van der Waals surface area contributed by atoms with Crippen molar-refractivity contribution in [2.75, 3.05) is 0 Å². The molecule has 0 fully saturated rings. The van der Waals surface area contributed by atoms with Crippen LogP contribution >= 0.6 is 0 Å². The molecule has 0 saturated heterocycles. The molecule has 1 aromatic carbocycles. The van der Waals surface area contributed by atoms with Crippen LogP contribution in [-0.4, -0.2) is 38.9 Å². The molecule has 0 saturated carbocycles. The Kier molecular flexibility index (Phi) is 3.55. The van der Waals surface area contributed by atoms with Gasteiger partial charge in [0.05, 0.1) is 14.7 Å². The van der Waals surface area contributed by atoms with Gasteiger partial charge in [0.2, 0.25) is 0 Å². The smallest absolute Gasteiger partial charge is 0.126 e. The van der Waals surface area contributed by atoms with Crippen LogP contribution in [0, 0.1) is 0 Å². The SMILES string of the molecule is O=S(=O)([O-])c1cccc(S(=O)(=O)[O-])c1S(=O)(=O)[O-]. The Morgan fingerprint density at radius 2 is 1.00 bits per heavy atom. The van der Waals surface area contributed by atoms with Gasteiger partial charge in [-0.15, -0.1) is 0 Å². The van der Waals surface area contributed by atoms with Crippen molar-refractivity contribution in [1.82, 2.24) is 0 Å². The van der Waals surface area contributed by atoms with Crippen LogP contribution < -0.4 is 0 Å². The molecule has 0 radical (unpaired) electrons. The lowest BCUT2D eigenvalue weighted by Crippen LogP contribution is -2.14. The molecule has 0 heterocycles. The van der Waals surface area contributed by atoms with Crippen molar-refractivity contribution in [3.05, 3.63) is 18.2 Å². The van der Waals surface area contributed by atoms with Crippen molar-refractivity contribution in [1.29, 1.82) is 0 Å². The molecular weight excluding hydrogens is 312 g/mol. The Hall–Kier alpha value is -1.05. The van der Waals surface area contributed by atoms with Crippen LogP contribution in [-0.2, 0) is 30.4 Å². The summed E-state index contributed by atoms with van der Waals surface area (Å²) in [6.45, 7) is 0. The van der Waals surface area contributed by atoms with E-state index in [1.54, 1.807) is 0 Å². The van der Waals surface area contributed by atoms with Gasteiger partial charge in [-0.1, -0.05) is 6.07 Å². The van der Waals surface area contributed by atoms with Crippen LogP contribution in [0.3, 0.4) is 0 Å². The van der Waals surface area contributed by atoms with E-state index < -0.39 is 45.0 Å². The minimum atomic E-state index is -5.64. The minimum Gasteiger partial charge on any atom is -0.744 e. The second-order valence-electron chi connectivity index (χ2n) is 2.95. The summed E-state index contributed by atoms with van der Waals surface area (Å²) in [5, 5.41) is 0. The molecule has 102 valence electrons. The van der Waals surface area contributed by atoms with Gasteiger partial charge in [-0.3, -0.25) is 0 Å². The fourth-order valence-electron chi connectivity index (χ4n) is 1.14. The first kappa shape index (κ1) is 15.0. The maximum atomic E-state index is 10.8. The Morgan fingerprint density at radius 3 is 1.22 bits per heavy atom. The maximum absolute atomic E-state index is 10.8. The second-order valence-corrected chi connectivity index (χ2v) is 6.96. The third-order valence-corrected chi connectivity index (χ3v) is 4.69.